The molecule has 3 nitrogen and oxygen atoms in total. The van der Waals surface area contributed by atoms with Gasteiger partial charge in [0, 0.05) is 18.6 Å². The Morgan fingerprint density at radius 2 is 2.14 bits per heavy atom. The zero-order valence-electron chi connectivity index (χ0n) is 9.66. The minimum atomic E-state index is -0.707. The molecule has 14 heavy (non-hydrogen) atoms. The number of nitrogens with zero attached hydrogens (tertiary/aromatic N) is 1. The molecular weight excluding hydrogens is 176 g/mol. The van der Waals surface area contributed by atoms with Crippen LogP contribution in [0.5, 0.6) is 0 Å². The number of hydrogen-bond donors (Lipinski definition) is 2. The van der Waals surface area contributed by atoms with E-state index in [0.717, 1.165) is 19.0 Å². The third kappa shape index (κ3) is 3.23. The van der Waals surface area contributed by atoms with Crippen molar-refractivity contribution in [3.05, 3.63) is 0 Å². The summed E-state index contributed by atoms with van der Waals surface area (Å²) in [4.78, 5) is 2.48. The summed E-state index contributed by atoms with van der Waals surface area (Å²) < 4.78 is 0. The summed E-state index contributed by atoms with van der Waals surface area (Å²) in [7, 11) is 0. The van der Waals surface area contributed by atoms with Gasteiger partial charge in [-0.05, 0) is 39.7 Å². The maximum atomic E-state index is 9.89. The third-order valence-electron chi connectivity index (χ3n) is 3.12. The Labute approximate surface area is 87.3 Å². The van der Waals surface area contributed by atoms with Crippen molar-refractivity contribution in [2.24, 2.45) is 5.73 Å². The monoisotopic (exact) mass is 200 g/mol. The van der Waals surface area contributed by atoms with Crippen LogP contribution >= 0.6 is 0 Å². The van der Waals surface area contributed by atoms with Crippen LogP contribution in [0.25, 0.3) is 0 Å². The van der Waals surface area contributed by atoms with E-state index in [2.05, 4.69) is 18.7 Å². The lowest BCUT2D eigenvalue weighted by atomic mass is 9.97. The summed E-state index contributed by atoms with van der Waals surface area (Å²) in [5.74, 6) is 0. The lowest BCUT2D eigenvalue weighted by molar-refractivity contribution is 0.0280. The van der Waals surface area contributed by atoms with Crippen LogP contribution < -0.4 is 5.73 Å². The molecule has 0 aromatic heterocycles. The van der Waals surface area contributed by atoms with Gasteiger partial charge in [-0.25, -0.2) is 0 Å². The van der Waals surface area contributed by atoms with E-state index < -0.39 is 5.60 Å². The molecule has 1 fully saturated rings. The highest BCUT2D eigenvalue weighted by Crippen LogP contribution is 2.30. The molecule has 0 amide bonds. The predicted octanol–water partition coefficient (Wildman–Crippen LogP) is 0.959. The van der Waals surface area contributed by atoms with Gasteiger partial charge in [-0.2, -0.15) is 0 Å². The van der Waals surface area contributed by atoms with Crippen molar-refractivity contribution in [1.29, 1.82) is 0 Å². The second kappa shape index (κ2) is 4.60. The van der Waals surface area contributed by atoms with Gasteiger partial charge in [0.15, 0.2) is 0 Å². The minimum Gasteiger partial charge on any atom is -0.389 e. The zero-order valence-corrected chi connectivity index (χ0v) is 9.66. The molecular formula is C11H24N2O. The molecule has 0 aromatic carbocycles. The molecule has 1 saturated carbocycles. The van der Waals surface area contributed by atoms with Crippen LogP contribution in [0.2, 0.25) is 0 Å². The molecule has 0 aliphatic heterocycles. The van der Waals surface area contributed by atoms with Gasteiger partial charge in [0.2, 0.25) is 0 Å². The summed E-state index contributed by atoms with van der Waals surface area (Å²) in [5.41, 5.74) is 4.81. The Balaban J connectivity index is 2.42. The lowest BCUT2D eigenvalue weighted by Gasteiger charge is -2.33. The molecule has 3 heteroatoms. The number of aliphatic hydroxyl groups is 1. The van der Waals surface area contributed by atoms with E-state index in [9.17, 15) is 5.11 Å². The molecule has 3 N–H and O–H groups in total. The highest BCUT2D eigenvalue weighted by atomic mass is 16.3. The normalized spacial score (nSPS) is 23.6. The van der Waals surface area contributed by atoms with Crippen LogP contribution in [0, 0.1) is 0 Å². The van der Waals surface area contributed by atoms with Crippen molar-refractivity contribution >= 4 is 0 Å². The van der Waals surface area contributed by atoms with Gasteiger partial charge in [0.05, 0.1) is 5.60 Å². The molecule has 0 bridgehead atoms. The van der Waals surface area contributed by atoms with E-state index >= 15 is 0 Å². The van der Waals surface area contributed by atoms with Gasteiger partial charge in [-0.3, -0.25) is 4.90 Å². The van der Waals surface area contributed by atoms with Crippen molar-refractivity contribution in [3.63, 3.8) is 0 Å². The molecule has 2 atom stereocenters. The highest BCUT2D eigenvalue weighted by Gasteiger charge is 2.33. The highest BCUT2D eigenvalue weighted by molar-refractivity contribution is 4.89. The lowest BCUT2D eigenvalue weighted by Crippen LogP contribution is -2.44. The zero-order chi connectivity index (χ0) is 10.8. The molecule has 0 radical (unpaired) electrons. The largest absolute Gasteiger partial charge is 0.389 e. The molecule has 2 unspecified atom stereocenters. The van der Waals surface area contributed by atoms with Crippen LogP contribution in [0.3, 0.4) is 0 Å². The second-order valence-corrected chi connectivity index (χ2v) is 4.82. The first-order valence-corrected chi connectivity index (χ1v) is 5.68. The minimum absolute atomic E-state index is 0.347. The fourth-order valence-corrected chi connectivity index (χ4v) is 2.17. The van der Waals surface area contributed by atoms with E-state index in [-0.39, 0.29) is 0 Å². The average Bonchev–Trinajstić information content (AvgIpc) is 2.89. The summed E-state index contributed by atoms with van der Waals surface area (Å²) in [6.07, 6.45) is 3.42. The van der Waals surface area contributed by atoms with Crippen molar-refractivity contribution in [1.82, 2.24) is 4.90 Å². The van der Waals surface area contributed by atoms with E-state index in [0.29, 0.717) is 12.6 Å². The first kappa shape index (κ1) is 12.0. The summed E-state index contributed by atoms with van der Waals surface area (Å²) in [5, 5.41) is 9.89. The quantitative estimate of drug-likeness (QED) is 0.671. The number of rotatable bonds is 6. The van der Waals surface area contributed by atoms with Crippen molar-refractivity contribution < 1.29 is 5.11 Å². The van der Waals surface area contributed by atoms with E-state index in [1.165, 1.54) is 12.8 Å². The Hall–Kier alpha value is -0.120. The second-order valence-electron chi connectivity index (χ2n) is 4.82. The van der Waals surface area contributed by atoms with Crippen molar-refractivity contribution in [2.75, 3.05) is 13.1 Å². The molecule has 0 aromatic rings. The van der Waals surface area contributed by atoms with Crippen molar-refractivity contribution in [2.45, 2.75) is 57.7 Å². The number of hydrogen-bond acceptors (Lipinski definition) is 3. The summed E-state index contributed by atoms with van der Waals surface area (Å²) in [6, 6.07) is 1.20. The molecule has 1 aliphatic rings. The molecule has 0 saturated heterocycles. The van der Waals surface area contributed by atoms with Crippen LogP contribution in [0.15, 0.2) is 0 Å². The van der Waals surface area contributed by atoms with E-state index in [1.807, 2.05) is 6.92 Å². The SMILES string of the molecule is CCN(C(C)CC(C)(O)CN)C1CC1. The maximum Gasteiger partial charge on any atom is 0.0756 e. The van der Waals surface area contributed by atoms with Crippen LogP contribution in [0.1, 0.15) is 40.0 Å². The van der Waals surface area contributed by atoms with Gasteiger partial charge in [0.1, 0.15) is 0 Å². The summed E-state index contributed by atoms with van der Waals surface area (Å²) >= 11 is 0. The molecule has 1 rings (SSSR count). The Morgan fingerprint density at radius 3 is 2.50 bits per heavy atom. The first-order valence-electron chi connectivity index (χ1n) is 5.68. The van der Waals surface area contributed by atoms with Gasteiger partial charge in [-0.1, -0.05) is 6.92 Å². The Morgan fingerprint density at radius 1 is 1.57 bits per heavy atom. The fourth-order valence-electron chi connectivity index (χ4n) is 2.17. The van der Waals surface area contributed by atoms with Crippen LogP contribution in [-0.4, -0.2) is 40.8 Å². The number of nitrogens with two attached hydrogens (primary N) is 1. The van der Waals surface area contributed by atoms with Gasteiger partial charge < -0.3 is 10.8 Å². The standard InChI is InChI=1S/C11H24N2O/c1-4-13(10-5-6-10)9(2)7-11(3,14)8-12/h9-10,14H,4-8,12H2,1-3H3. The maximum absolute atomic E-state index is 9.89. The Kier molecular flexibility index (Phi) is 3.93. The molecule has 84 valence electrons. The van der Waals surface area contributed by atoms with Gasteiger partial charge in [0.25, 0.3) is 0 Å². The molecule has 0 heterocycles. The third-order valence-corrected chi connectivity index (χ3v) is 3.12. The van der Waals surface area contributed by atoms with Crippen LogP contribution in [0.4, 0.5) is 0 Å². The smallest absolute Gasteiger partial charge is 0.0756 e. The van der Waals surface area contributed by atoms with Crippen LogP contribution in [-0.2, 0) is 0 Å². The van der Waals surface area contributed by atoms with Crippen molar-refractivity contribution in [3.8, 4) is 0 Å². The predicted molar refractivity (Wildman–Crippen MR) is 59.2 cm³/mol. The van der Waals surface area contributed by atoms with Gasteiger partial charge >= 0.3 is 0 Å². The summed E-state index contributed by atoms with van der Waals surface area (Å²) in [6.45, 7) is 7.62. The van der Waals surface area contributed by atoms with E-state index in [4.69, 9.17) is 5.73 Å². The first-order chi connectivity index (χ1) is 6.50. The Bertz CT molecular complexity index is 178. The van der Waals surface area contributed by atoms with Gasteiger partial charge in [-0.15, -0.1) is 0 Å². The average molecular weight is 200 g/mol. The van der Waals surface area contributed by atoms with E-state index in [1.54, 1.807) is 0 Å². The molecule has 1 aliphatic carbocycles. The fraction of sp³-hybridized carbons (Fsp3) is 1.00. The topological polar surface area (TPSA) is 49.5 Å². The molecule has 0 spiro atoms.